The van der Waals surface area contributed by atoms with Crippen LogP contribution in [0, 0.1) is 11.6 Å². The van der Waals surface area contributed by atoms with Crippen molar-refractivity contribution in [2.75, 3.05) is 0 Å². The average molecular weight is 349 g/mol. The Labute approximate surface area is 144 Å². The summed E-state index contributed by atoms with van der Waals surface area (Å²) in [5, 5.41) is 3.15. The van der Waals surface area contributed by atoms with Gasteiger partial charge in [0, 0.05) is 13.0 Å². The first-order valence-corrected chi connectivity index (χ1v) is 7.75. The van der Waals surface area contributed by atoms with Gasteiger partial charge in [-0.3, -0.25) is 15.6 Å². The molecule has 2 rings (SSSR count). The second-order valence-electron chi connectivity index (χ2n) is 5.11. The van der Waals surface area contributed by atoms with Crippen LogP contribution in [0.2, 0.25) is 0 Å². The summed E-state index contributed by atoms with van der Waals surface area (Å²) in [7, 11) is 0. The van der Waals surface area contributed by atoms with Crippen LogP contribution in [0.4, 0.5) is 8.78 Å². The van der Waals surface area contributed by atoms with Gasteiger partial charge in [-0.1, -0.05) is 24.3 Å². The Morgan fingerprint density at radius 1 is 0.875 bits per heavy atom. The van der Waals surface area contributed by atoms with E-state index in [4.69, 9.17) is 12.2 Å². The Morgan fingerprint density at radius 3 is 2.00 bits per heavy atom. The largest absolute Gasteiger partial charge is 0.357 e. The minimum absolute atomic E-state index is 0.231. The highest BCUT2D eigenvalue weighted by Gasteiger charge is 2.03. The quantitative estimate of drug-likeness (QED) is 0.574. The Bertz CT molecular complexity index is 628. The maximum atomic E-state index is 12.8. The summed E-state index contributed by atoms with van der Waals surface area (Å²) in [5.74, 6) is -0.833. The van der Waals surface area contributed by atoms with E-state index in [1.54, 1.807) is 24.3 Å². The number of nitrogens with one attached hydrogen (secondary N) is 3. The van der Waals surface area contributed by atoms with Crippen LogP contribution >= 0.6 is 12.2 Å². The second-order valence-corrected chi connectivity index (χ2v) is 5.52. The molecule has 0 aliphatic rings. The zero-order valence-electron chi connectivity index (χ0n) is 12.8. The van der Waals surface area contributed by atoms with E-state index in [-0.39, 0.29) is 29.1 Å². The van der Waals surface area contributed by atoms with Gasteiger partial charge in [0.2, 0.25) is 5.91 Å². The lowest BCUT2D eigenvalue weighted by Gasteiger charge is -2.11. The molecule has 7 heteroatoms. The van der Waals surface area contributed by atoms with Gasteiger partial charge in [-0.25, -0.2) is 8.78 Å². The van der Waals surface area contributed by atoms with Crippen molar-refractivity contribution in [1.29, 1.82) is 0 Å². The molecule has 0 heterocycles. The first-order chi connectivity index (χ1) is 11.5. The monoisotopic (exact) mass is 349 g/mol. The van der Waals surface area contributed by atoms with Crippen molar-refractivity contribution in [3.05, 3.63) is 71.3 Å². The van der Waals surface area contributed by atoms with Crippen molar-refractivity contribution in [3.8, 4) is 0 Å². The van der Waals surface area contributed by atoms with E-state index in [2.05, 4.69) is 16.2 Å². The second kappa shape index (κ2) is 8.93. The average Bonchev–Trinajstić information content (AvgIpc) is 2.59. The van der Waals surface area contributed by atoms with Crippen LogP contribution in [-0.4, -0.2) is 11.0 Å². The van der Waals surface area contributed by atoms with Crippen LogP contribution < -0.4 is 16.2 Å². The van der Waals surface area contributed by atoms with Crippen molar-refractivity contribution < 1.29 is 13.6 Å². The SMILES string of the molecule is O=C(CCc1ccc(F)cc1)NNC(=S)NCc1ccc(F)cc1. The molecule has 3 N–H and O–H groups in total. The zero-order valence-corrected chi connectivity index (χ0v) is 13.6. The number of benzene rings is 2. The molecule has 1 amide bonds. The van der Waals surface area contributed by atoms with Crippen molar-refractivity contribution >= 4 is 23.2 Å². The van der Waals surface area contributed by atoms with Crippen molar-refractivity contribution in [2.24, 2.45) is 0 Å². The molecule has 2 aromatic rings. The lowest BCUT2D eigenvalue weighted by atomic mass is 10.1. The highest BCUT2D eigenvalue weighted by molar-refractivity contribution is 7.80. The fraction of sp³-hybridized carbons (Fsp3) is 0.176. The summed E-state index contributed by atoms with van der Waals surface area (Å²) >= 11 is 5.04. The minimum Gasteiger partial charge on any atom is -0.357 e. The van der Waals surface area contributed by atoms with E-state index in [0.29, 0.717) is 13.0 Å². The molecule has 24 heavy (non-hydrogen) atoms. The van der Waals surface area contributed by atoms with E-state index in [0.717, 1.165) is 11.1 Å². The van der Waals surface area contributed by atoms with Crippen LogP contribution in [0.1, 0.15) is 17.5 Å². The third kappa shape index (κ3) is 6.29. The lowest BCUT2D eigenvalue weighted by molar-refractivity contribution is -0.121. The summed E-state index contributed by atoms with van der Waals surface area (Å²) in [6.07, 6.45) is 0.753. The van der Waals surface area contributed by atoms with Gasteiger partial charge in [-0.2, -0.15) is 0 Å². The smallest absolute Gasteiger partial charge is 0.238 e. The van der Waals surface area contributed by atoms with Crippen molar-refractivity contribution in [1.82, 2.24) is 16.2 Å². The molecule has 2 aromatic carbocycles. The van der Waals surface area contributed by atoms with Crippen LogP contribution in [0.5, 0.6) is 0 Å². The Balaban J connectivity index is 1.64. The van der Waals surface area contributed by atoms with Crippen molar-refractivity contribution in [3.63, 3.8) is 0 Å². The number of hydrazine groups is 1. The topological polar surface area (TPSA) is 53.2 Å². The van der Waals surface area contributed by atoms with Gasteiger partial charge in [-0.05, 0) is 54.0 Å². The van der Waals surface area contributed by atoms with E-state index >= 15 is 0 Å². The van der Waals surface area contributed by atoms with Crippen LogP contribution in [0.25, 0.3) is 0 Å². The number of thiocarbonyl (C=S) groups is 1. The molecule has 0 fully saturated rings. The molecule has 0 atom stereocenters. The maximum Gasteiger partial charge on any atom is 0.238 e. The molecular formula is C17H17F2N3OS. The third-order valence-electron chi connectivity index (χ3n) is 3.24. The Morgan fingerprint density at radius 2 is 1.42 bits per heavy atom. The Hall–Kier alpha value is -2.54. The highest BCUT2D eigenvalue weighted by Crippen LogP contribution is 2.05. The number of carbonyl (C=O) groups excluding carboxylic acids is 1. The molecule has 0 saturated carbocycles. The van der Waals surface area contributed by atoms with Gasteiger partial charge >= 0.3 is 0 Å². The molecule has 0 aliphatic heterocycles. The first kappa shape index (κ1) is 17.8. The number of hydrogen-bond donors (Lipinski definition) is 3. The van der Waals surface area contributed by atoms with E-state index in [1.165, 1.54) is 24.3 Å². The summed E-state index contributed by atoms with van der Waals surface area (Å²) in [6.45, 7) is 0.414. The lowest BCUT2D eigenvalue weighted by Crippen LogP contribution is -2.46. The number of rotatable bonds is 5. The summed E-state index contributed by atoms with van der Waals surface area (Å²) in [4.78, 5) is 11.7. The molecule has 0 spiro atoms. The molecule has 0 saturated heterocycles. The van der Waals surface area contributed by atoms with Gasteiger partial charge in [0.1, 0.15) is 11.6 Å². The number of amides is 1. The van der Waals surface area contributed by atoms with Gasteiger partial charge in [-0.15, -0.1) is 0 Å². The molecule has 0 aliphatic carbocycles. The number of carbonyl (C=O) groups is 1. The molecule has 0 aromatic heterocycles. The first-order valence-electron chi connectivity index (χ1n) is 7.34. The van der Waals surface area contributed by atoms with E-state index in [1.807, 2.05) is 0 Å². The molecule has 0 unspecified atom stereocenters. The predicted molar refractivity (Wildman–Crippen MR) is 91.8 cm³/mol. The minimum atomic E-state index is -0.303. The van der Waals surface area contributed by atoms with Gasteiger partial charge in [0.05, 0.1) is 0 Å². The molecule has 4 nitrogen and oxygen atoms in total. The summed E-state index contributed by atoms with van der Waals surface area (Å²) in [5.41, 5.74) is 6.82. The van der Waals surface area contributed by atoms with E-state index < -0.39 is 0 Å². The predicted octanol–water partition coefficient (Wildman–Crippen LogP) is 2.59. The zero-order chi connectivity index (χ0) is 17.4. The van der Waals surface area contributed by atoms with E-state index in [9.17, 15) is 13.6 Å². The fourth-order valence-corrected chi connectivity index (χ4v) is 2.05. The van der Waals surface area contributed by atoms with Crippen LogP contribution in [-0.2, 0) is 17.8 Å². The Kier molecular flexibility index (Phi) is 6.62. The third-order valence-corrected chi connectivity index (χ3v) is 3.48. The molecular weight excluding hydrogens is 332 g/mol. The standard InChI is InChI=1S/C17H17F2N3OS/c18-14-6-1-12(2-7-14)5-10-16(23)21-22-17(24)20-11-13-3-8-15(19)9-4-13/h1-4,6-9H,5,10-11H2,(H,21,23)(H2,20,22,24). The fourth-order valence-electron chi connectivity index (χ4n) is 1.93. The van der Waals surface area contributed by atoms with Gasteiger partial charge in [0.25, 0.3) is 0 Å². The van der Waals surface area contributed by atoms with Crippen molar-refractivity contribution in [2.45, 2.75) is 19.4 Å². The summed E-state index contributed by atoms with van der Waals surface area (Å²) < 4.78 is 25.6. The summed E-state index contributed by atoms with van der Waals surface area (Å²) in [6, 6.07) is 12.0. The van der Waals surface area contributed by atoms with Crippen LogP contribution in [0.3, 0.4) is 0 Å². The maximum absolute atomic E-state index is 12.8. The van der Waals surface area contributed by atoms with Gasteiger partial charge in [0.15, 0.2) is 5.11 Å². The van der Waals surface area contributed by atoms with Gasteiger partial charge < -0.3 is 5.32 Å². The number of aryl methyl sites for hydroxylation is 1. The van der Waals surface area contributed by atoms with Crippen LogP contribution in [0.15, 0.2) is 48.5 Å². The molecule has 0 bridgehead atoms. The highest BCUT2D eigenvalue weighted by atomic mass is 32.1. The normalized spacial score (nSPS) is 10.1. The molecule has 0 radical (unpaired) electrons. The number of halogens is 2. The number of hydrogen-bond acceptors (Lipinski definition) is 2. The molecule has 126 valence electrons.